The van der Waals surface area contributed by atoms with Crippen LogP contribution < -0.4 is 5.43 Å². The SMILES string of the molecule is O=c1cc(-c2ccccc2)oc2c([C@@H]3O[C@H](CO)[C@@H](O)[C@H](O)[C@H]3O)c(O)cc(O)c12. The lowest BCUT2D eigenvalue weighted by atomic mass is 9.89. The van der Waals surface area contributed by atoms with Gasteiger partial charge in [0.2, 0.25) is 0 Å². The highest BCUT2D eigenvalue weighted by atomic mass is 16.5. The van der Waals surface area contributed by atoms with Gasteiger partial charge in [-0.05, 0) is 0 Å². The van der Waals surface area contributed by atoms with Gasteiger partial charge in [0.1, 0.15) is 53.2 Å². The molecule has 1 aromatic heterocycles. The van der Waals surface area contributed by atoms with Crippen LogP contribution in [0.2, 0.25) is 0 Å². The van der Waals surface area contributed by atoms with Gasteiger partial charge in [0.15, 0.2) is 11.0 Å². The van der Waals surface area contributed by atoms with E-state index in [4.69, 9.17) is 9.15 Å². The molecule has 1 saturated heterocycles. The molecule has 5 atom stereocenters. The summed E-state index contributed by atoms with van der Waals surface area (Å²) >= 11 is 0. The van der Waals surface area contributed by atoms with Crippen molar-refractivity contribution in [3.63, 3.8) is 0 Å². The van der Waals surface area contributed by atoms with E-state index in [1.807, 2.05) is 0 Å². The topological polar surface area (TPSA) is 161 Å². The Morgan fingerprint density at radius 3 is 2.27 bits per heavy atom. The van der Waals surface area contributed by atoms with Gasteiger partial charge < -0.3 is 39.8 Å². The first kappa shape index (κ1) is 20.3. The Hall–Kier alpha value is -2.95. The maximum atomic E-state index is 12.7. The van der Waals surface area contributed by atoms with Gasteiger partial charge in [-0.2, -0.15) is 0 Å². The summed E-state index contributed by atoms with van der Waals surface area (Å²) in [5, 5.41) is 60.5. The van der Waals surface area contributed by atoms with Crippen molar-refractivity contribution < 1.29 is 39.8 Å². The Balaban J connectivity index is 1.97. The number of phenolic OH excluding ortho intramolecular Hbond substituents is 2. The molecule has 0 amide bonds. The fourth-order valence-electron chi connectivity index (χ4n) is 3.68. The van der Waals surface area contributed by atoms with E-state index in [1.54, 1.807) is 30.3 Å². The first-order valence-corrected chi connectivity index (χ1v) is 9.22. The van der Waals surface area contributed by atoms with E-state index in [2.05, 4.69) is 0 Å². The molecule has 2 aromatic carbocycles. The van der Waals surface area contributed by atoms with E-state index in [0.717, 1.165) is 6.07 Å². The molecule has 0 radical (unpaired) electrons. The van der Waals surface area contributed by atoms with Crippen molar-refractivity contribution in [2.75, 3.05) is 6.61 Å². The van der Waals surface area contributed by atoms with Crippen molar-refractivity contribution >= 4 is 11.0 Å². The Labute approximate surface area is 169 Å². The minimum atomic E-state index is -1.72. The Morgan fingerprint density at radius 1 is 0.900 bits per heavy atom. The van der Waals surface area contributed by atoms with Crippen LogP contribution in [0, 0.1) is 0 Å². The summed E-state index contributed by atoms with van der Waals surface area (Å²) in [6, 6.07) is 10.7. The summed E-state index contributed by atoms with van der Waals surface area (Å²) < 4.78 is 11.4. The summed E-state index contributed by atoms with van der Waals surface area (Å²) in [4.78, 5) is 12.7. The molecule has 1 aliphatic rings. The van der Waals surface area contributed by atoms with E-state index in [9.17, 15) is 35.4 Å². The lowest BCUT2D eigenvalue weighted by Gasteiger charge is -2.40. The zero-order chi connectivity index (χ0) is 21.6. The monoisotopic (exact) mass is 416 g/mol. The molecule has 1 aliphatic heterocycles. The molecular formula is C21H20O9. The summed E-state index contributed by atoms with van der Waals surface area (Å²) in [5.41, 5.74) is -0.490. The summed E-state index contributed by atoms with van der Waals surface area (Å²) in [6.45, 7) is -0.669. The number of hydrogen-bond donors (Lipinski definition) is 6. The maximum absolute atomic E-state index is 12.7. The number of benzene rings is 2. The molecule has 0 aliphatic carbocycles. The van der Waals surface area contributed by atoms with Gasteiger partial charge in [-0.15, -0.1) is 0 Å². The van der Waals surface area contributed by atoms with Crippen molar-refractivity contribution in [2.45, 2.75) is 30.5 Å². The zero-order valence-corrected chi connectivity index (χ0v) is 15.5. The molecule has 30 heavy (non-hydrogen) atoms. The van der Waals surface area contributed by atoms with Crippen LogP contribution in [0.25, 0.3) is 22.3 Å². The summed E-state index contributed by atoms with van der Waals surface area (Å²) in [7, 11) is 0. The van der Waals surface area contributed by atoms with Crippen LogP contribution in [0.1, 0.15) is 11.7 Å². The molecule has 0 bridgehead atoms. The Morgan fingerprint density at radius 2 is 1.60 bits per heavy atom. The molecule has 158 valence electrons. The third-order valence-corrected chi connectivity index (χ3v) is 5.23. The van der Waals surface area contributed by atoms with Gasteiger partial charge in [-0.3, -0.25) is 4.79 Å². The Kier molecular flexibility index (Phi) is 5.22. The van der Waals surface area contributed by atoms with Crippen molar-refractivity contribution in [3.8, 4) is 22.8 Å². The van der Waals surface area contributed by atoms with E-state index < -0.39 is 54.1 Å². The maximum Gasteiger partial charge on any atom is 0.197 e. The van der Waals surface area contributed by atoms with E-state index in [1.165, 1.54) is 6.07 Å². The Bertz CT molecular complexity index is 1120. The smallest absolute Gasteiger partial charge is 0.197 e. The molecule has 2 heterocycles. The molecule has 4 rings (SSSR count). The average molecular weight is 416 g/mol. The van der Waals surface area contributed by atoms with Gasteiger partial charge >= 0.3 is 0 Å². The van der Waals surface area contributed by atoms with Gasteiger partial charge in [-0.25, -0.2) is 0 Å². The fraction of sp³-hybridized carbons (Fsp3) is 0.286. The number of aliphatic hydroxyl groups is 4. The molecule has 1 fully saturated rings. The van der Waals surface area contributed by atoms with Crippen molar-refractivity contribution in [3.05, 3.63) is 58.3 Å². The molecule has 9 nitrogen and oxygen atoms in total. The second kappa shape index (κ2) is 7.71. The van der Waals surface area contributed by atoms with Crippen molar-refractivity contribution in [2.24, 2.45) is 0 Å². The summed E-state index contributed by atoms with van der Waals surface area (Å²) in [6.07, 6.45) is -7.71. The lowest BCUT2D eigenvalue weighted by molar-refractivity contribution is -0.231. The van der Waals surface area contributed by atoms with E-state index >= 15 is 0 Å². The number of aromatic hydroxyl groups is 2. The number of hydrogen-bond acceptors (Lipinski definition) is 9. The second-order valence-electron chi connectivity index (χ2n) is 7.12. The largest absolute Gasteiger partial charge is 0.507 e. The third kappa shape index (κ3) is 3.22. The second-order valence-corrected chi connectivity index (χ2v) is 7.12. The third-order valence-electron chi connectivity index (χ3n) is 5.23. The minimum Gasteiger partial charge on any atom is -0.507 e. The predicted molar refractivity (Wildman–Crippen MR) is 104 cm³/mol. The molecule has 6 N–H and O–H groups in total. The van der Waals surface area contributed by atoms with Gasteiger partial charge in [0, 0.05) is 17.7 Å². The highest BCUT2D eigenvalue weighted by molar-refractivity contribution is 5.89. The number of rotatable bonds is 3. The first-order chi connectivity index (χ1) is 14.3. The number of ether oxygens (including phenoxy) is 1. The lowest BCUT2D eigenvalue weighted by Crippen LogP contribution is -2.55. The summed E-state index contributed by atoms with van der Waals surface area (Å²) in [5.74, 6) is -0.953. The van der Waals surface area contributed by atoms with E-state index in [-0.39, 0.29) is 22.3 Å². The molecule has 0 unspecified atom stereocenters. The highest BCUT2D eigenvalue weighted by Gasteiger charge is 2.46. The molecule has 0 saturated carbocycles. The van der Waals surface area contributed by atoms with Gasteiger partial charge in [-0.1, -0.05) is 30.3 Å². The quantitative estimate of drug-likeness (QED) is 0.355. The van der Waals surface area contributed by atoms with Crippen LogP contribution in [0.3, 0.4) is 0 Å². The van der Waals surface area contributed by atoms with Gasteiger partial charge in [0.25, 0.3) is 0 Å². The molecular weight excluding hydrogens is 396 g/mol. The molecule has 3 aromatic rings. The number of phenols is 2. The molecule has 0 spiro atoms. The number of aliphatic hydroxyl groups excluding tert-OH is 4. The van der Waals surface area contributed by atoms with Crippen LogP contribution in [0.15, 0.2) is 51.7 Å². The van der Waals surface area contributed by atoms with Crippen LogP contribution in [-0.4, -0.2) is 61.7 Å². The minimum absolute atomic E-state index is 0.143. The highest BCUT2D eigenvalue weighted by Crippen LogP contribution is 2.43. The standard InChI is InChI=1S/C21H20O9/c22-8-14-17(26)18(27)19(28)21(30-14)16-11(24)6-10(23)15-12(25)7-13(29-20(15)16)9-4-2-1-3-5-9/h1-7,14,17-19,21-24,26-28H,8H2/t14-,17-,18+,19-,21+/m1/s1. The van der Waals surface area contributed by atoms with Crippen LogP contribution in [0.5, 0.6) is 11.5 Å². The molecule has 9 heteroatoms. The fourth-order valence-corrected chi connectivity index (χ4v) is 3.68. The predicted octanol–water partition coefficient (Wildman–Crippen LogP) is 0.386. The van der Waals surface area contributed by atoms with Gasteiger partial charge in [0.05, 0.1) is 12.2 Å². The zero-order valence-electron chi connectivity index (χ0n) is 15.5. The van der Waals surface area contributed by atoms with Crippen molar-refractivity contribution in [1.29, 1.82) is 0 Å². The normalized spacial score (nSPS) is 26.7. The average Bonchev–Trinajstić information content (AvgIpc) is 2.73. The number of fused-ring (bicyclic) bond motifs is 1. The first-order valence-electron chi connectivity index (χ1n) is 9.22. The van der Waals surface area contributed by atoms with Crippen molar-refractivity contribution in [1.82, 2.24) is 0 Å². The van der Waals surface area contributed by atoms with E-state index in [0.29, 0.717) is 5.56 Å². The van der Waals surface area contributed by atoms with Crippen LogP contribution >= 0.6 is 0 Å². The van der Waals surface area contributed by atoms with Crippen LogP contribution in [0.4, 0.5) is 0 Å². The van der Waals surface area contributed by atoms with Crippen LogP contribution in [-0.2, 0) is 4.74 Å².